The first-order valence-electron chi connectivity index (χ1n) is 13.4. The van der Waals surface area contributed by atoms with Gasteiger partial charge in [0.25, 0.3) is 0 Å². The zero-order valence-electron chi connectivity index (χ0n) is 23.9. The fraction of sp³-hybridized carbons (Fsp3) is 0.200. The Morgan fingerprint density at radius 1 is 0.825 bits per heavy atom. The normalized spacial score (nSPS) is 11.3. The zero-order valence-corrected chi connectivity index (χ0v) is 28.1. The van der Waals surface area contributed by atoms with E-state index < -0.39 is 8.07 Å². The maximum atomic E-state index is 4.59. The largest absolute Gasteiger partial charge is 0.305 e. The van der Waals surface area contributed by atoms with E-state index in [-0.39, 0.29) is 20.1 Å². The summed E-state index contributed by atoms with van der Waals surface area (Å²) in [5.41, 5.74) is 6.68. The number of benzene rings is 3. The van der Waals surface area contributed by atoms with E-state index in [1.54, 1.807) is 5.19 Å². The molecule has 205 valence electrons. The second-order valence-corrected chi connectivity index (χ2v) is 17.3. The number of aromatic nitrogens is 2. The number of aryl methyl sites for hydroxylation is 1. The number of pyridine rings is 2. The van der Waals surface area contributed by atoms with Crippen molar-refractivity contribution in [2.75, 3.05) is 0 Å². The van der Waals surface area contributed by atoms with E-state index in [2.05, 4.69) is 111 Å². The van der Waals surface area contributed by atoms with Crippen LogP contribution < -0.4 is 5.19 Å². The van der Waals surface area contributed by atoms with E-state index in [9.17, 15) is 0 Å². The summed E-state index contributed by atoms with van der Waals surface area (Å²) in [5.74, 6) is 0.534. The van der Waals surface area contributed by atoms with Crippen molar-refractivity contribution in [2.24, 2.45) is 0 Å². The summed E-state index contributed by atoms with van der Waals surface area (Å²) in [7, 11) is -1.40. The first-order chi connectivity index (χ1) is 18.7. The molecule has 0 atom stereocenters. The van der Waals surface area contributed by atoms with Crippen LogP contribution in [0.4, 0.5) is 0 Å². The molecule has 3 heterocycles. The molecule has 0 saturated carbocycles. The van der Waals surface area contributed by atoms with Crippen molar-refractivity contribution in [3.63, 3.8) is 0 Å². The quantitative estimate of drug-likeness (QED) is 0.133. The Balaban J connectivity index is 0.000000200. The second kappa shape index (κ2) is 12.7. The van der Waals surface area contributed by atoms with Gasteiger partial charge in [0.1, 0.15) is 0 Å². The van der Waals surface area contributed by atoms with Crippen LogP contribution in [-0.2, 0) is 20.1 Å². The Labute approximate surface area is 256 Å². The first-order valence-corrected chi connectivity index (χ1v) is 17.8. The summed E-state index contributed by atoms with van der Waals surface area (Å²) < 4.78 is 2.68. The molecule has 0 aliphatic carbocycles. The average Bonchev–Trinajstić information content (AvgIpc) is 3.32. The summed E-state index contributed by atoms with van der Waals surface area (Å²) in [6.07, 6.45) is 3.83. The predicted octanol–water partition coefficient (Wildman–Crippen LogP) is 9.44. The van der Waals surface area contributed by atoms with Gasteiger partial charge in [0.15, 0.2) is 0 Å². The molecule has 6 aromatic rings. The van der Waals surface area contributed by atoms with E-state index in [4.69, 9.17) is 0 Å². The molecule has 2 nitrogen and oxygen atoms in total. The minimum atomic E-state index is -1.40. The van der Waals surface area contributed by atoms with Gasteiger partial charge in [-0.25, -0.2) is 0 Å². The SMILES string of the molecule is CC(C)c1ccc(-c2[c-]cccc2)nc1.Cc1ccnc(-c2[c-]ccc3c2sc2cccc([Si](C)(C)C)c23)c1.[Ir]. The predicted molar refractivity (Wildman–Crippen MR) is 172 cm³/mol. The van der Waals surface area contributed by atoms with E-state index in [0.717, 1.165) is 22.5 Å². The van der Waals surface area contributed by atoms with E-state index >= 15 is 0 Å². The van der Waals surface area contributed by atoms with E-state index in [1.807, 2.05) is 54.1 Å². The summed E-state index contributed by atoms with van der Waals surface area (Å²) in [6, 6.07) is 33.9. The van der Waals surface area contributed by atoms with Crippen molar-refractivity contribution in [1.82, 2.24) is 9.97 Å². The molecule has 3 aromatic heterocycles. The Morgan fingerprint density at radius 2 is 1.65 bits per heavy atom. The molecule has 5 heteroatoms. The Bertz CT molecular complexity index is 1720. The molecule has 0 amide bonds. The minimum Gasteiger partial charge on any atom is -0.305 e. The maximum absolute atomic E-state index is 4.59. The Morgan fingerprint density at radius 3 is 2.30 bits per heavy atom. The number of fused-ring (bicyclic) bond motifs is 3. The molecule has 0 N–H and O–H groups in total. The fourth-order valence-corrected chi connectivity index (χ4v) is 7.68. The molecule has 0 saturated heterocycles. The second-order valence-electron chi connectivity index (χ2n) is 11.3. The molecule has 0 aliphatic heterocycles. The van der Waals surface area contributed by atoms with Crippen molar-refractivity contribution in [3.05, 3.63) is 115 Å². The van der Waals surface area contributed by atoms with Gasteiger partial charge >= 0.3 is 0 Å². The van der Waals surface area contributed by atoms with Crippen molar-refractivity contribution in [3.8, 4) is 22.5 Å². The van der Waals surface area contributed by atoms with E-state index in [0.29, 0.717) is 5.92 Å². The third kappa shape index (κ3) is 6.50. The topological polar surface area (TPSA) is 25.8 Å². The average molecular weight is 735 g/mol. The smallest absolute Gasteiger partial charge is 0.0783 e. The van der Waals surface area contributed by atoms with Crippen molar-refractivity contribution in [2.45, 2.75) is 46.3 Å². The first kappa shape index (κ1) is 30.0. The van der Waals surface area contributed by atoms with Gasteiger partial charge in [-0.2, -0.15) is 11.3 Å². The fourth-order valence-electron chi connectivity index (χ4n) is 4.74. The molecule has 40 heavy (non-hydrogen) atoms. The molecule has 0 bridgehead atoms. The molecule has 0 spiro atoms. The zero-order chi connectivity index (χ0) is 27.6. The van der Waals surface area contributed by atoms with Crippen LogP contribution in [0.3, 0.4) is 0 Å². The number of thiophene rings is 1. The minimum absolute atomic E-state index is 0. The summed E-state index contributed by atoms with van der Waals surface area (Å²) in [6.45, 7) is 13.7. The van der Waals surface area contributed by atoms with E-state index in [1.165, 1.54) is 31.3 Å². The summed E-state index contributed by atoms with van der Waals surface area (Å²) >= 11 is 1.87. The van der Waals surface area contributed by atoms with Gasteiger partial charge in [-0.05, 0) is 52.0 Å². The molecule has 0 aliphatic rings. The maximum Gasteiger partial charge on any atom is 0.0783 e. The van der Waals surface area contributed by atoms with Crippen LogP contribution in [0, 0.1) is 19.1 Å². The van der Waals surface area contributed by atoms with Crippen LogP contribution in [0.25, 0.3) is 42.7 Å². The summed E-state index contributed by atoms with van der Waals surface area (Å²) in [4.78, 5) is 9.02. The van der Waals surface area contributed by atoms with Gasteiger partial charge in [-0.1, -0.05) is 80.0 Å². The molecular weight excluding hydrogens is 701 g/mol. The molecule has 0 unspecified atom stereocenters. The van der Waals surface area contributed by atoms with Gasteiger partial charge in [0.05, 0.1) is 8.07 Å². The Hall–Kier alpha value is -2.95. The van der Waals surface area contributed by atoms with Crippen LogP contribution >= 0.6 is 11.3 Å². The molecule has 6 rings (SSSR count). The molecular formula is C35H34IrN2SSi-2. The van der Waals surface area contributed by atoms with Crippen molar-refractivity contribution in [1.29, 1.82) is 0 Å². The van der Waals surface area contributed by atoms with Crippen LogP contribution in [0.15, 0.2) is 91.3 Å². The number of hydrogen-bond acceptors (Lipinski definition) is 3. The number of nitrogens with zero attached hydrogens (tertiary/aromatic N) is 2. The molecule has 1 radical (unpaired) electrons. The van der Waals surface area contributed by atoms with Crippen molar-refractivity contribution < 1.29 is 20.1 Å². The number of hydrogen-bond donors (Lipinski definition) is 0. The summed E-state index contributed by atoms with van der Waals surface area (Å²) in [5, 5.41) is 4.34. The standard InChI is InChI=1S/C21H20NSSi.C14H14N.Ir/c1-14-11-12-22-17(13-14)15-7-5-8-16-20-18(23-21(15)16)9-6-10-19(20)24(2,3)4;1-11(2)13-8-9-14(15-10-13)12-6-4-3-5-7-12;/h5-6,8-13H,1-4H3;3-6,8-11H,1-2H3;/q2*-1;. The number of rotatable bonds is 4. The van der Waals surface area contributed by atoms with Gasteiger partial charge in [0.2, 0.25) is 0 Å². The third-order valence-corrected chi connectivity index (χ3v) is 10.1. The van der Waals surface area contributed by atoms with Gasteiger partial charge in [0, 0.05) is 37.2 Å². The van der Waals surface area contributed by atoms with Gasteiger partial charge < -0.3 is 9.97 Å². The van der Waals surface area contributed by atoms with Crippen LogP contribution in [0.1, 0.15) is 30.9 Å². The molecule has 0 fully saturated rings. The van der Waals surface area contributed by atoms with Crippen LogP contribution in [-0.4, -0.2) is 18.0 Å². The Kier molecular flexibility index (Phi) is 9.53. The third-order valence-electron chi connectivity index (χ3n) is 6.87. The van der Waals surface area contributed by atoms with Crippen molar-refractivity contribution >= 4 is 44.8 Å². The van der Waals surface area contributed by atoms with Crippen LogP contribution in [0.5, 0.6) is 0 Å². The monoisotopic (exact) mass is 735 g/mol. The van der Waals surface area contributed by atoms with Gasteiger partial charge in [-0.3, -0.25) is 0 Å². The molecule has 3 aromatic carbocycles. The van der Waals surface area contributed by atoms with Crippen LogP contribution in [0.2, 0.25) is 19.6 Å². The van der Waals surface area contributed by atoms with Gasteiger partial charge in [-0.15, -0.1) is 59.7 Å².